The van der Waals surface area contributed by atoms with Crippen molar-refractivity contribution in [2.45, 2.75) is 46.6 Å². The van der Waals surface area contributed by atoms with Gasteiger partial charge in [-0.05, 0) is 46.2 Å². The van der Waals surface area contributed by atoms with Gasteiger partial charge >= 0.3 is 11.9 Å². The maximum Gasteiger partial charge on any atom is 0.328 e. The number of nitrogens with zero attached hydrogens (tertiary/aromatic N) is 1. The Balaban J connectivity index is 2.86. The van der Waals surface area contributed by atoms with Crippen molar-refractivity contribution in [1.29, 1.82) is 0 Å². The Bertz CT molecular complexity index is 968. The number of ether oxygens (including phenoxy) is 3. The fourth-order valence-electron chi connectivity index (χ4n) is 3.07. The predicted molar refractivity (Wildman–Crippen MR) is 130 cm³/mol. The molecule has 192 valence electrons. The molecule has 0 saturated heterocycles. The molecule has 2 amide bonds. The lowest BCUT2D eigenvalue weighted by atomic mass is 10.1. The lowest BCUT2D eigenvalue weighted by molar-refractivity contribution is -0.148. The molecule has 11 heteroatoms. The summed E-state index contributed by atoms with van der Waals surface area (Å²) in [6.45, 7) is 6.33. The molecule has 0 aliphatic rings. The summed E-state index contributed by atoms with van der Waals surface area (Å²) < 4.78 is 15.1. The number of nitrogens with one attached hydrogen (secondary N) is 2. The maximum absolute atomic E-state index is 12.8. The minimum atomic E-state index is -1.07. The van der Waals surface area contributed by atoms with E-state index in [0.717, 1.165) is 0 Å². The van der Waals surface area contributed by atoms with Crippen LogP contribution >= 0.6 is 0 Å². The Labute approximate surface area is 205 Å². The van der Waals surface area contributed by atoms with E-state index in [2.05, 4.69) is 15.6 Å². The summed E-state index contributed by atoms with van der Waals surface area (Å²) in [5.41, 5.74) is 7.06. The second kappa shape index (κ2) is 15.1. The van der Waals surface area contributed by atoms with Crippen molar-refractivity contribution in [2.24, 2.45) is 10.7 Å². The monoisotopic (exact) mass is 490 g/mol. The van der Waals surface area contributed by atoms with Gasteiger partial charge in [0.15, 0.2) is 0 Å². The minimum Gasteiger partial charge on any atom is -0.494 e. The van der Waals surface area contributed by atoms with Crippen LogP contribution in [0.3, 0.4) is 0 Å². The molecule has 1 atom stereocenters. The molecule has 11 nitrogen and oxygen atoms in total. The molecular formula is C24H34N4O7. The highest BCUT2D eigenvalue weighted by Gasteiger charge is 2.24. The topological polar surface area (TPSA) is 158 Å². The SMILES string of the molecule is CCOC(=O)CC[C@@H](NC(=O)CNC(=O)/C(C(C)=Nc1ccccc1OC)=C(\C)N)C(=O)OCC. The zero-order chi connectivity index (χ0) is 26.4. The largest absolute Gasteiger partial charge is 0.494 e. The van der Waals surface area contributed by atoms with Gasteiger partial charge in [-0.2, -0.15) is 0 Å². The summed E-state index contributed by atoms with van der Waals surface area (Å²) in [6.07, 6.45) is -0.0864. The summed E-state index contributed by atoms with van der Waals surface area (Å²) in [5, 5.41) is 4.95. The van der Waals surface area contributed by atoms with Crippen molar-refractivity contribution < 1.29 is 33.4 Å². The average molecular weight is 491 g/mol. The Morgan fingerprint density at radius 1 is 1.06 bits per heavy atom. The van der Waals surface area contributed by atoms with Crippen molar-refractivity contribution in [3.05, 3.63) is 35.5 Å². The van der Waals surface area contributed by atoms with Crippen LogP contribution in [-0.2, 0) is 28.7 Å². The van der Waals surface area contributed by atoms with Gasteiger partial charge in [-0.15, -0.1) is 0 Å². The molecule has 0 aliphatic heterocycles. The molecule has 1 aromatic rings. The Morgan fingerprint density at radius 3 is 2.31 bits per heavy atom. The van der Waals surface area contributed by atoms with Crippen LogP contribution in [0.25, 0.3) is 0 Å². The molecule has 0 aliphatic carbocycles. The van der Waals surface area contributed by atoms with Gasteiger partial charge in [0.1, 0.15) is 17.5 Å². The van der Waals surface area contributed by atoms with Gasteiger partial charge in [-0.25, -0.2) is 9.79 Å². The third kappa shape index (κ3) is 9.86. The number of aliphatic imine (C=N–C) groups is 1. The van der Waals surface area contributed by atoms with Crippen LogP contribution in [0.1, 0.15) is 40.5 Å². The summed E-state index contributed by atoms with van der Waals surface area (Å²) >= 11 is 0. The van der Waals surface area contributed by atoms with Crippen LogP contribution in [0.4, 0.5) is 5.69 Å². The van der Waals surface area contributed by atoms with E-state index >= 15 is 0 Å². The Morgan fingerprint density at radius 2 is 1.71 bits per heavy atom. The first kappa shape index (κ1) is 29.1. The smallest absolute Gasteiger partial charge is 0.328 e. The first-order valence-corrected chi connectivity index (χ1v) is 11.2. The summed E-state index contributed by atoms with van der Waals surface area (Å²) in [6, 6.07) is 5.96. The predicted octanol–water partition coefficient (Wildman–Crippen LogP) is 1.53. The van der Waals surface area contributed by atoms with E-state index in [0.29, 0.717) is 17.1 Å². The van der Waals surface area contributed by atoms with Crippen LogP contribution in [0, 0.1) is 0 Å². The fourth-order valence-corrected chi connectivity index (χ4v) is 3.07. The van der Waals surface area contributed by atoms with Crippen LogP contribution in [0.5, 0.6) is 5.75 Å². The van der Waals surface area contributed by atoms with Crippen molar-refractivity contribution in [2.75, 3.05) is 26.9 Å². The molecule has 0 aromatic heterocycles. The molecule has 0 saturated carbocycles. The molecule has 1 aromatic carbocycles. The van der Waals surface area contributed by atoms with Gasteiger partial charge in [0.2, 0.25) is 5.91 Å². The van der Waals surface area contributed by atoms with Gasteiger partial charge < -0.3 is 30.6 Å². The number of esters is 2. The molecule has 0 fully saturated rings. The number of methoxy groups -OCH3 is 1. The first-order valence-electron chi connectivity index (χ1n) is 11.2. The van der Waals surface area contributed by atoms with E-state index in [1.54, 1.807) is 52.0 Å². The molecule has 4 N–H and O–H groups in total. The highest BCUT2D eigenvalue weighted by molar-refractivity contribution is 6.22. The molecular weight excluding hydrogens is 456 g/mol. The van der Waals surface area contributed by atoms with Crippen molar-refractivity contribution in [3.63, 3.8) is 0 Å². The zero-order valence-corrected chi connectivity index (χ0v) is 20.8. The fraction of sp³-hybridized carbons (Fsp3) is 0.458. The number of rotatable bonds is 13. The number of amides is 2. The number of para-hydroxylation sites is 2. The minimum absolute atomic E-state index is 0.00487. The molecule has 0 unspecified atom stereocenters. The van der Waals surface area contributed by atoms with E-state index in [1.165, 1.54) is 7.11 Å². The summed E-state index contributed by atoms with van der Waals surface area (Å²) in [7, 11) is 1.51. The number of benzene rings is 1. The Kier molecular flexibility index (Phi) is 12.6. The second-order valence-corrected chi connectivity index (χ2v) is 7.33. The molecule has 0 spiro atoms. The van der Waals surface area contributed by atoms with Gasteiger partial charge in [-0.1, -0.05) is 12.1 Å². The van der Waals surface area contributed by atoms with Gasteiger partial charge in [0.05, 0.1) is 38.2 Å². The highest BCUT2D eigenvalue weighted by Crippen LogP contribution is 2.27. The zero-order valence-electron chi connectivity index (χ0n) is 20.8. The lowest BCUT2D eigenvalue weighted by Crippen LogP contribution is -2.47. The van der Waals surface area contributed by atoms with Crippen LogP contribution in [-0.4, -0.2) is 62.4 Å². The molecule has 0 heterocycles. The number of carbonyl (C=O) groups excluding carboxylic acids is 4. The van der Waals surface area contributed by atoms with E-state index in [9.17, 15) is 19.2 Å². The summed E-state index contributed by atoms with van der Waals surface area (Å²) in [5.74, 6) is -1.92. The quantitative estimate of drug-likeness (QED) is 0.213. The molecule has 1 rings (SSSR count). The Hall–Kier alpha value is -3.89. The number of hydrogen-bond donors (Lipinski definition) is 3. The van der Waals surface area contributed by atoms with Gasteiger partial charge in [0.25, 0.3) is 5.91 Å². The summed E-state index contributed by atoms with van der Waals surface area (Å²) in [4.78, 5) is 53.5. The molecule has 0 bridgehead atoms. The number of allylic oxidation sites excluding steroid dienone is 1. The third-order valence-corrected chi connectivity index (χ3v) is 4.61. The molecule has 0 radical (unpaired) electrons. The van der Waals surface area contributed by atoms with Crippen molar-refractivity contribution in [3.8, 4) is 5.75 Å². The van der Waals surface area contributed by atoms with Crippen LogP contribution in [0.15, 0.2) is 40.5 Å². The average Bonchev–Trinajstić information content (AvgIpc) is 2.80. The van der Waals surface area contributed by atoms with Crippen LogP contribution < -0.4 is 21.1 Å². The number of hydrogen-bond acceptors (Lipinski definition) is 9. The maximum atomic E-state index is 12.8. The molecule has 35 heavy (non-hydrogen) atoms. The van der Waals surface area contributed by atoms with E-state index in [-0.39, 0.29) is 37.3 Å². The first-order chi connectivity index (χ1) is 16.6. The second-order valence-electron chi connectivity index (χ2n) is 7.33. The third-order valence-electron chi connectivity index (χ3n) is 4.61. The van der Waals surface area contributed by atoms with E-state index in [4.69, 9.17) is 19.9 Å². The highest BCUT2D eigenvalue weighted by atomic mass is 16.5. The standard InChI is InChI=1S/C24H34N4O7/c1-6-34-21(30)13-12-18(24(32)35-7-2)28-20(29)14-26-23(31)22(15(3)25)16(4)27-17-10-8-9-11-19(17)33-5/h8-11,18H,6-7,12-14,25H2,1-5H3,(H,26,31)(H,28,29)/b22-15+,27-16?/t18-/m1/s1. The van der Waals surface area contributed by atoms with Gasteiger partial charge in [0, 0.05) is 12.1 Å². The van der Waals surface area contributed by atoms with E-state index in [1.807, 2.05) is 0 Å². The normalized spacial score (nSPS) is 12.7. The lowest BCUT2D eigenvalue weighted by Gasteiger charge is -2.17. The number of nitrogens with two attached hydrogens (primary N) is 1. The van der Waals surface area contributed by atoms with Crippen molar-refractivity contribution >= 4 is 35.2 Å². The van der Waals surface area contributed by atoms with Crippen LogP contribution in [0.2, 0.25) is 0 Å². The van der Waals surface area contributed by atoms with Crippen molar-refractivity contribution in [1.82, 2.24) is 10.6 Å². The van der Waals surface area contributed by atoms with E-state index < -0.39 is 36.3 Å². The number of carbonyl (C=O) groups is 4. The van der Waals surface area contributed by atoms with Gasteiger partial charge in [-0.3, -0.25) is 14.4 Å².